The van der Waals surface area contributed by atoms with E-state index in [1.54, 1.807) is 31.2 Å². The lowest BCUT2D eigenvalue weighted by atomic mass is 9.88. The van der Waals surface area contributed by atoms with Crippen molar-refractivity contribution in [3.05, 3.63) is 41.0 Å². The minimum absolute atomic E-state index is 0.0744. The molecule has 98 valence electrons. The lowest BCUT2D eigenvalue weighted by Gasteiger charge is -2.19. The molecule has 1 aliphatic rings. The van der Waals surface area contributed by atoms with E-state index in [0.29, 0.717) is 11.1 Å². The summed E-state index contributed by atoms with van der Waals surface area (Å²) in [6, 6.07) is 6.53. The molecule has 0 fully saturated rings. The number of fused-ring (bicyclic) bond motifs is 1. The molecule has 0 atom stereocenters. The second kappa shape index (κ2) is 5.06. The smallest absolute Gasteiger partial charge is 0.344 e. The number of carbonyl (C=O) groups excluding carboxylic acids is 2. The Morgan fingerprint density at radius 2 is 1.95 bits per heavy atom. The van der Waals surface area contributed by atoms with Crippen molar-refractivity contribution in [3.63, 3.8) is 0 Å². The number of ketones is 1. The highest BCUT2D eigenvalue weighted by molar-refractivity contribution is 6.58. The molecular weight excluding hydrogens is 246 g/mol. The fourth-order valence-electron chi connectivity index (χ4n) is 1.99. The molecule has 0 aliphatic heterocycles. The molecule has 1 aromatic carbocycles. The minimum Gasteiger partial charge on any atom is -0.506 e. The van der Waals surface area contributed by atoms with Gasteiger partial charge in [-0.15, -0.1) is 0 Å². The Hall–Kier alpha value is -2.43. The highest BCUT2D eigenvalue weighted by Gasteiger charge is 2.35. The first-order chi connectivity index (χ1) is 9.11. The lowest BCUT2D eigenvalue weighted by Crippen LogP contribution is -2.29. The van der Waals surface area contributed by atoms with Crippen molar-refractivity contribution in [2.45, 2.75) is 6.92 Å². The number of aliphatic hydroxyl groups excluding tert-OH is 1. The molecule has 0 unspecified atom stereocenters. The number of nitrogens with zero attached hydrogens (tertiary/aromatic N) is 1. The molecule has 5 heteroatoms. The van der Waals surface area contributed by atoms with Gasteiger partial charge in [0.2, 0.25) is 5.78 Å². The average Bonchev–Trinajstić information content (AvgIpc) is 2.42. The largest absolute Gasteiger partial charge is 0.506 e. The van der Waals surface area contributed by atoms with Gasteiger partial charge in [0.1, 0.15) is 17.0 Å². The van der Waals surface area contributed by atoms with Gasteiger partial charge in [0, 0.05) is 18.2 Å². The van der Waals surface area contributed by atoms with Gasteiger partial charge in [-0.3, -0.25) is 9.79 Å². The summed E-state index contributed by atoms with van der Waals surface area (Å²) in [6.45, 7) is 1.80. The molecule has 0 aromatic heterocycles. The maximum Gasteiger partial charge on any atom is 0.344 e. The van der Waals surface area contributed by atoms with Crippen LogP contribution in [-0.2, 0) is 9.53 Å². The zero-order valence-corrected chi connectivity index (χ0v) is 10.6. The van der Waals surface area contributed by atoms with Gasteiger partial charge in [0.25, 0.3) is 0 Å². The lowest BCUT2D eigenvalue weighted by molar-refractivity contribution is -0.137. The number of carbonyl (C=O) groups is 2. The van der Waals surface area contributed by atoms with E-state index in [0.717, 1.165) is 0 Å². The predicted molar refractivity (Wildman–Crippen MR) is 70.3 cm³/mol. The van der Waals surface area contributed by atoms with E-state index in [1.807, 2.05) is 0 Å². The van der Waals surface area contributed by atoms with Crippen LogP contribution >= 0.6 is 0 Å². The number of rotatable bonds is 2. The van der Waals surface area contributed by atoms with Crippen molar-refractivity contribution in [2.24, 2.45) is 4.99 Å². The second-order valence-electron chi connectivity index (χ2n) is 3.89. The molecule has 0 saturated heterocycles. The van der Waals surface area contributed by atoms with Crippen LogP contribution in [0.15, 0.2) is 34.8 Å². The van der Waals surface area contributed by atoms with E-state index in [2.05, 4.69) is 4.99 Å². The van der Waals surface area contributed by atoms with Gasteiger partial charge >= 0.3 is 5.97 Å². The zero-order valence-electron chi connectivity index (χ0n) is 10.6. The Balaban J connectivity index is 2.68. The van der Waals surface area contributed by atoms with Gasteiger partial charge in [-0.1, -0.05) is 24.3 Å². The third kappa shape index (κ3) is 2.03. The van der Waals surface area contributed by atoms with Gasteiger partial charge in [-0.25, -0.2) is 4.79 Å². The van der Waals surface area contributed by atoms with Crippen LogP contribution in [0.25, 0.3) is 5.76 Å². The summed E-state index contributed by atoms with van der Waals surface area (Å²) in [7, 11) is 1.40. The second-order valence-corrected chi connectivity index (χ2v) is 3.89. The van der Waals surface area contributed by atoms with E-state index >= 15 is 0 Å². The Labute approximate surface area is 110 Å². The Morgan fingerprint density at radius 1 is 1.32 bits per heavy atom. The van der Waals surface area contributed by atoms with Gasteiger partial charge < -0.3 is 9.84 Å². The van der Waals surface area contributed by atoms with Crippen LogP contribution < -0.4 is 0 Å². The van der Waals surface area contributed by atoms with E-state index in [1.165, 1.54) is 7.05 Å². The number of hydrogen-bond acceptors (Lipinski definition) is 5. The number of ether oxygens (including phenoxy) is 1. The number of benzene rings is 1. The van der Waals surface area contributed by atoms with Crippen LogP contribution in [0.5, 0.6) is 0 Å². The number of esters is 1. The fourth-order valence-corrected chi connectivity index (χ4v) is 1.99. The molecule has 1 aromatic rings. The molecule has 0 heterocycles. The first-order valence-corrected chi connectivity index (χ1v) is 5.83. The summed E-state index contributed by atoms with van der Waals surface area (Å²) < 4.78 is 4.86. The van der Waals surface area contributed by atoms with E-state index in [-0.39, 0.29) is 29.4 Å². The maximum absolute atomic E-state index is 12.2. The number of aliphatic imine (C=N–C) groups is 1. The van der Waals surface area contributed by atoms with Crippen LogP contribution in [0.3, 0.4) is 0 Å². The SMILES string of the molecule is CCOC(=O)C1=C(O)c2ccccc2C(=O)C1=NC. The molecule has 1 aliphatic carbocycles. The maximum atomic E-state index is 12.2. The summed E-state index contributed by atoms with van der Waals surface area (Å²) in [6.07, 6.45) is 0. The topological polar surface area (TPSA) is 76.0 Å². The standard InChI is InChI=1S/C14H13NO4/c1-3-19-14(18)10-11(15-2)13(17)9-7-5-4-6-8(9)12(10)16/h4-7,16H,3H2,1-2H3. The van der Waals surface area contributed by atoms with Crippen molar-refractivity contribution in [1.82, 2.24) is 0 Å². The van der Waals surface area contributed by atoms with Crippen molar-refractivity contribution in [3.8, 4) is 0 Å². The van der Waals surface area contributed by atoms with Crippen molar-refractivity contribution >= 4 is 23.2 Å². The van der Waals surface area contributed by atoms with Gasteiger partial charge in [-0.2, -0.15) is 0 Å². The van der Waals surface area contributed by atoms with Crippen molar-refractivity contribution in [1.29, 1.82) is 0 Å². The highest BCUT2D eigenvalue weighted by atomic mass is 16.5. The third-order valence-electron chi connectivity index (χ3n) is 2.82. The molecule has 0 spiro atoms. The summed E-state index contributed by atoms with van der Waals surface area (Å²) in [4.78, 5) is 27.9. The monoisotopic (exact) mass is 259 g/mol. The quantitative estimate of drug-likeness (QED) is 0.821. The third-order valence-corrected chi connectivity index (χ3v) is 2.82. The fraction of sp³-hybridized carbons (Fsp3) is 0.214. The molecule has 0 bridgehead atoms. The van der Waals surface area contributed by atoms with Crippen LogP contribution in [0.2, 0.25) is 0 Å². The minimum atomic E-state index is -0.747. The first-order valence-electron chi connectivity index (χ1n) is 5.83. The van der Waals surface area contributed by atoms with Crippen LogP contribution in [0, 0.1) is 0 Å². The molecule has 2 rings (SSSR count). The Morgan fingerprint density at radius 3 is 2.53 bits per heavy atom. The van der Waals surface area contributed by atoms with Gasteiger partial charge in [0.15, 0.2) is 0 Å². The van der Waals surface area contributed by atoms with Gasteiger partial charge in [0.05, 0.1) is 6.61 Å². The molecular formula is C14H13NO4. The average molecular weight is 259 g/mol. The molecule has 0 amide bonds. The number of hydrogen-bond donors (Lipinski definition) is 1. The summed E-state index contributed by atoms with van der Waals surface area (Å²) in [5.74, 6) is -1.41. The van der Waals surface area contributed by atoms with Crippen LogP contribution in [0.4, 0.5) is 0 Å². The van der Waals surface area contributed by atoms with E-state index in [9.17, 15) is 14.7 Å². The molecule has 5 nitrogen and oxygen atoms in total. The Bertz CT molecular complexity index is 614. The molecule has 1 N–H and O–H groups in total. The zero-order chi connectivity index (χ0) is 14.0. The summed E-state index contributed by atoms with van der Waals surface area (Å²) in [5.41, 5.74) is 0.402. The van der Waals surface area contributed by atoms with E-state index < -0.39 is 5.97 Å². The molecule has 0 saturated carbocycles. The van der Waals surface area contributed by atoms with Crippen molar-refractivity contribution in [2.75, 3.05) is 13.7 Å². The summed E-state index contributed by atoms with van der Waals surface area (Å²) in [5, 5.41) is 10.2. The highest BCUT2D eigenvalue weighted by Crippen LogP contribution is 2.28. The van der Waals surface area contributed by atoms with Crippen LogP contribution in [0.1, 0.15) is 22.8 Å². The summed E-state index contributed by atoms with van der Waals surface area (Å²) >= 11 is 0. The molecule has 19 heavy (non-hydrogen) atoms. The number of Topliss-reactive ketones (excluding diaryl/α,β-unsaturated/α-hetero) is 1. The van der Waals surface area contributed by atoms with Crippen molar-refractivity contribution < 1.29 is 19.4 Å². The van der Waals surface area contributed by atoms with Gasteiger partial charge in [-0.05, 0) is 6.92 Å². The first kappa shape index (κ1) is 13.0. The number of aliphatic hydroxyl groups is 1. The normalized spacial score (nSPS) is 16.5. The van der Waals surface area contributed by atoms with Crippen LogP contribution in [-0.4, -0.2) is 36.2 Å². The Kier molecular flexibility index (Phi) is 3.46. The van der Waals surface area contributed by atoms with E-state index in [4.69, 9.17) is 4.74 Å². The molecule has 0 radical (unpaired) electrons. The predicted octanol–water partition coefficient (Wildman–Crippen LogP) is 1.79.